The first-order chi connectivity index (χ1) is 18.8. The van der Waals surface area contributed by atoms with E-state index in [-0.39, 0.29) is 40.5 Å². The van der Waals surface area contributed by atoms with E-state index in [1.54, 1.807) is 0 Å². The van der Waals surface area contributed by atoms with Gasteiger partial charge in [0, 0.05) is 34.0 Å². The fourth-order valence-corrected chi connectivity index (χ4v) is 5.67. The summed E-state index contributed by atoms with van der Waals surface area (Å²) in [4.78, 5) is 29.1. The Hall–Kier alpha value is -2.59. The third kappa shape index (κ3) is 9.51. The monoisotopic (exact) mass is 667 g/mol. The molecule has 1 N–H and O–H groups in total. The minimum atomic E-state index is -3.92. The summed E-state index contributed by atoms with van der Waals surface area (Å²) in [6.45, 7) is 3.94. The number of hydrogen-bond donors (Lipinski definition) is 1. The number of anilines is 1. The number of sulfonamides is 1. The van der Waals surface area contributed by atoms with Crippen LogP contribution in [0.4, 0.5) is 5.69 Å². The van der Waals surface area contributed by atoms with E-state index in [1.165, 1.54) is 23.1 Å². The molecule has 7 nitrogen and oxygen atoms in total. The first-order valence-corrected chi connectivity index (χ1v) is 16.0. The Labute approximate surface area is 254 Å². The number of nitrogens with one attached hydrogen (secondary N) is 1. The number of nitrogens with zero attached hydrogens (tertiary/aromatic N) is 2. The van der Waals surface area contributed by atoms with Gasteiger partial charge in [-0.25, -0.2) is 8.42 Å². The van der Waals surface area contributed by atoms with Gasteiger partial charge in [0.1, 0.15) is 12.6 Å². The summed E-state index contributed by atoms with van der Waals surface area (Å²) >= 11 is 15.7. The Morgan fingerprint density at radius 1 is 0.925 bits per heavy atom. The molecule has 214 valence electrons. The van der Waals surface area contributed by atoms with Gasteiger partial charge in [-0.2, -0.15) is 0 Å². The summed E-state index contributed by atoms with van der Waals surface area (Å²) in [5.74, 6) is -0.671. The molecule has 3 aromatic carbocycles. The smallest absolute Gasteiger partial charge is 0.244 e. The molecule has 1 atom stereocenters. The normalized spacial score (nSPS) is 12.2. The molecule has 0 saturated carbocycles. The van der Waals surface area contributed by atoms with E-state index in [0.29, 0.717) is 6.54 Å². The van der Waals surface area contributed by atoms with Crippen molar-refractivity contribution >= 4 is 66.7 Å². The van der Waals surface area contributed by atoms with Crippen LogP contribution in [-0.2, 0) is 32.6 Å². The first-order valence-electron chi connectivity index (χ1n) is 12.6. The van der Waals surface area contributed by atoms with Crippen LogP contribution >= 0.6 is 39.1 Å². The zero-order chi connectivity index (χ0) is 29.4. The van der Waals surface area contributed by atoms with Crippen LogP contribution in [-0.4, -0.2) is 50.5 Å². The average molecular weight is 669 g/mol. The van der Waals surface area contributed by atoms with Gasteiger partial charge >= 0.3 is 0 Å². The summed E-state index contributed by atoms with van der Waals surface area (Å²) in [6, 6.07) is 20.2. The fraction of sp³-hybridized carbons (Fsp3) is 0.310. The highest BCUT2D eigenvalue weighted by Crippen LogP contribution is 2.27. The highest BCUT2D eigenvalue weighted by atomic mass is 79.9. The quantitative estimate of drug-likeness (QED) is 0.259. The van der Waals surface area contributed by atoms with Crippen LogP contribution in [0.2, 0.25) is 10.0 Å². The highest BCUT2D eigenvalue weighted by molar-refractivity contribution is 9.10. The molecule has 40 heavy (non-hydrogen) atoms. The molecular formula is C29H32BrCl2N3O4S. The standard InChI is InChI=1S/C29H32BrCl2N3O4S/c1-20(2)17-33-29(37)27(13-21-7-5-4-6-8-21)34(18-22-9-11-23(30)12-10-22)28(36)19-35(40(3,38)39)26-15-24(31)14-25(32)16-26/h4-12,14-16,20,27H,13,17-19H2,1-3H3,(H,33,37)/t27-/m0/s1. The van der Waals surface area contributed by atoms with Crippen LogP contribution in [0.15, 0.2) is 77.3 Å². The lowest BCUT2D eigenvalue weighted by molar-refractivity contribution is -0.140. The maximum atomic E-state index is 14.1. The molecule has 0 bridgehead atoms. The van der Waals surface area contributed by atoms with Crippen LogP contribution < -0.4 is 9.62 Å². The third-order valence-corrected chi connectivity index (χ3v) is 8.14. The molecule has 0 saturated heterocycles. The lowest BCUT2D eigenvalue weighted by atomic mass is 10.0. The summed E-state index contributed by atoms with van der Waals surface area (Å²) in [6.07, 6.45) is 1.25. The Morgan fingerprint density at radius 2 is 1.52 bits per heavy atom. The van der Waals surface area contributed by atoms with Crippen molar-refractivity contribution in [1.82, 2.24) is 10.2 Å². The van der Waals surface area contributed by atoms with Gasteiger partial charge in [-0.15, -0.1) is 0 Å². The van der Waals surface area contributed by atoms with Crippen LogP contribution in [0.5, 0.6) is 0 Å². The minimum absolute atomic E-state index is 0.0899. The number of amides is 2. The second-order valence-corrected chi connectivity index (χ2v) is 13.6. The number of carbonyl (C=O) groups is 2. The number of benzene rings is 3. The zero-order valence-electron chi connectivity index (χ0n) is 22.5. The van der Waals surface area contributed by atoms with E-state index in [4.69, 9.17) is 23.2 Å². The maximum absolute atomic E-state index is 14.1. The summed E-state index contributed by atoms with van der Waals surface area (Å²) in [5, 5.41) is 3.41. The molecule has 0 aliphatic heterocycles. The maximum Gasteiger partial charge on any atom is 0.244 e. The fourth-order valence-electron chi connectivity index (χ4n) is 4.06. The Kier molecular flexibility index (Phi) is 11.5. The average Bonchev–Trinajstić information content (AvgIpc) is 2.88. The molecule has 0 radical (unpaired) electrons. The van der Waals surface area contributed by atoms with Gasteiger partial charge < -0.3 is 10.2 Å². The topological polar surface area (TPSA) is 86.8 Å². The molecule has 0 heterocycles. The lowest BCUT2D eigenvalue weighted by Gasteiger charge is -2.33. The molecule has 0 spiro atoms. The molecule has 0 aliphatic rings. The molecule has 0 unspecified atom stereocenters. The van der Waals surface area contributed by atoms with Gasteiger partial charge in [0.05, 0.1) is 11.9 Å². The van der Waals surface area contributed by atoms with E-state index in [9.17, 15) is 18.0 Å². The molecule has 3 aromatic rings. The lowest BCUT2D eigenvalue weighted by Crippen LogP contribution is -2.53. The molecule has 0 fully saturated rings. The van der Waals surface area contributed by atoms with Gasteiger partial charge in [0.25, 0.3) is 0 Å². The second kappa shape index (κ2) is 14.3. The summed E-state index contributed by atoms with van der Waals surface area (Å²) < 4.78 is 27.5. The Balaban J connectivity index is 2.06. The van der Waals surface area contributed by atoms with E-state index < -0.39 is 28.5 Å². The number of rotatable bonds is 12. The largest absolute Gasteiger partial charge is 0.354 e. The Bertz CT molecular complexity index is 1400. The second-order valence-electron chi connectivity index (χ2n) is 9.89. The van der Waals surface area contributed by atoms with Crippen molar-refractivity contribution in [2.75, 3.05) is 23.7 Å². The first kappa shape index (κ1) is 31.9. The van der Waals surface area contributed by atoms with Gasteiger partial charge in [-0.3, -0.25) is 13.9 Å². The highest BCUT2D eigenvalue weighted by Gasteiger charge is 2.33. The predicted molar refractivity (Wildman–Crippen MR) is 165 cm³/mol. The van der Waals surface area contributed by atoms with Gasteiger partial charge in [-0.05, 0) is 47.4 Å². The van der Waals surface area contributed by atoms with Crippen molar-refractivity contribution in [3.05, 3.63) is 98.4 Å². The summed E-state index contributed by atoms with van der Waals surface area (Å²) in [7, 11) is -3.92. The molecular weight excluding hydrogens is 637 g/mol. The van der Waals surface area contributed by atoms with E-state index in [1.807, 2.05) is 68.4 Å². The van der Waals surface area contributed by atoms with Crippen LogP contribution in [0.1, 0.15) is 25.0 Å². The Morgan fingerprint density at radius 3 is 2.08 bits per heavy atom. The molecule has 0 aromatic heterocycles. The van der Waals surface area contributed by atoms with Gasteiger partial charge in [0.15, 0.2) is 0 Å². The van der Waals surface area contributed by atoms with E-state index >= 15 is 0 Å². The van der Waals surface area contributed by atoms with Crippen molar-refractivity contribution in [2.45, 2.75) is 32.9 Å². The number of halogens is 3. The molecule has 11 heteroatoms. The van der Waals surface area contributed by atoms with Crippen molar-refractivity contribution in [3.63, 3.8) is 0 Å². The van der Waals surface area contributed by atoms with Crippen molar-refractivity contribution in [3.8, 4) is 0 Å². The third-order valence-electron chi connectivity index (χ3n) is 6.04. The van der Waals surface area contributed by atoms with E-state index in [2.05, 4.69) is 21.2 Å². The van der Waals surface area contributed by atoms with E-state index in [0.717, 1.165) is 26.2 Å². The molecule has 0 aliphatic carbocycles. The SMILES string of the molecule is CC(C)CNC(=O)[C@H](Cc1ccccc1)N(Cc1ccc(Br)cc1)C(=O)CN(c1cc(Cl)cc(Cl)c1)S(C)(=O)=O. The minimum Gasteiger partial charge on any atom is -0.354 e. The zero-order valence-corrected chi connectivity index (χ0v) is 26.4. The molecule has 2 amide bonds. The van der Waals surface area contributed by atoms with Crippen LogP contribution in [0, 0.1) is 5.92 Å². The van der Waals surface area contributed by atoms with Gasteiger partial charge in [-0.1, -0.05) is 95.4 Å². The van der Waals surface area contributed by atoms with Crippen molar-refractivity contribution in [2.24, 2.45) is 5.92 Å². The number of hydrogen-bond acceptors (Lipinski definition) is 4. The van der Waals surface area contributed by atoms with Crippen LogP contribution in [0.25, 0.3) is 0 Å². The predicted octanol–water partition coefficient (Wildman–Crippen LogP) is 5.93. The summed E-state index contributed by atoms with van der Waals surface area (Å²) in [5.41, 5.74) is 1.80. The number of carbonyl (C=O) groups excluding carboxylic acids is 2. The molecule has 3 rings (SSSR count). The van der Waals surface area contributed by atoms with Crippen LogP contribution in [0.3, 0.4) is 0 Å². The van der Waals surface area contributed by atoms with Crippen molar-refractivity contribution in [1.29, 1.82) is 0 Å². The van der Waals surface area contributed by atoms with Gasteiger partial charge in [0.2, 0.25) is 21.8 Å². The van der Waals surface area contributed by atoms with Crippen molar-refractivity contribution < 1.29 is 18.0 Å².